The Labute approximate surface area is 255 Å². The molecule has 14 heteroatoms. The summed E-state index contributed by atoms with van der Waals surface area (Å²) in [5.41, 5.74) is 0.162. The van der Waals surface area contributed by atoms with Crippen molar-refractivity contribution in [1.82, 2.24) is 20.1 Å². The van der Waals surface area contributed by atoms with E-state index in [1.165, 1.54) is 27.7 Å². The number of aromatic nitrogens is 3. The third-order valence-corrected chi connectivity index (χ3v) is 7.58. The van der Waals surface area contributed by atoms with Gasteiger partial charge in [0.05, 0.1) is 0 Å². The number of carbonyl (C=O) groups is 4. The van der Waals surface area contributed by atoms with E-state index in [0.717, 1.165) is 36.6 Å². The molecular weight excluding hydrogens is 580 g/mol. The number of ether oxygens (including phenoxy) is 5. The average molecular weight is 621 g/mol. The van der Waals surface area contributed by atoms with Crippen LogP contribution in [0, 0.1) is 6.92 Å². The molecule has 236 valence electrons. The van der Waals surface area contributed by atoms with Crippen molar-refractivity contribution in [3.05, 3.63) is 35.7 Å². The van der Waals surface area contributed by atoms with Crippen molar-refractivity contribution in [1.29, 1.82) is 0 Å². The molecule has 0 bridgehead atoms. The molecule has 1 N–H and O–H groups in total. The van der Waals surface area contributed by atoms with Gasteiger partial charge >= 0.3 is 17.9 Å². The summed E-state index contributed by atoms with van der Waals surface area (Å²) in [4.78, 5) is 48.2. The second-order valence-corrected chi connectivity index (χ2v) is 11.3. The molecule has 1 saturated heterocycles. The van der Waals surface area contributed by atoms with Crippen molar-refractivity contribution in [2.45, 2.75) is 109 Å². The molecule has 1 aliphatic heterocycles. The van der Waals surface area contributed by atoms with Crippen LogP contribution < -0.4 is 10.1 Å². The molecule has 3 rings (SSSR count). The molecule has 0 saturated carbocycles. The lowest BCUT2D eigenvalue weighted by molar-refractivity contribution is -0.211. The van der Waals surface area contributed by atoms with Gasteiger partial charge in [-0.15, -0.1) is 10.2 Å². The molecule has 13 nitrogen and oxygen atoms in total. The summed E-state index contributed by atoms with van der Waals surface area (Å²) in [5.74, 6) is -1.03. The summed E-state index contributed by atoms with van der Waals surface area (Å²) < 4.78 is 30.5. The van der Waals surface area contributed by atoms with Crippen LogP contribution in [-0.4, -0.2) is 75.0 Å². The number of amides is 1. The van der Waals surface area contributed by atoms with Crippen LogP contribution in [0.15, 0.2) is 29.4 Å². The third kappa shape index (κ3) is 10.2. The normalized spacial score (nSPS) is 21.5. The highest BCUT2D eigenvalue weighted by Gasteiger charge is 2.51. The van der Waals surface area contributed by atoms with E-state index in [2.05, 4.69) is 22.4 Å². The number of rotatable bonds is 14. The fourth-order valence-electron chi connectivity index (χ4n) is 4.61. The van der Waals surface area contributed by atoms with Crippen LogP contribution in [0.25, 0.3) is 0 Å². The van der Waals surface area contributed by atoms with Gasteiger partial charge in [-0.25, -0.2) is 0 Å². The fraction of sp³-hybridized carbons (Fsp3) is 0.586. The number of unbranched alkanes of at least 4 members (excludes halogenated alkanes) is 2. The minimum atomic E-state index is -1.17. The Kier molecular flexibility index (Phi) is 12.8. The smallest absolute Gasteiger partial charge is 0.303 e. The zero-order chi connectivity index (χ0) is 31.5. The number of carbonyl (C=O) groups excluding carboxylic acids is 4. The molecule has 43 heavy (non-hydrogen) atoms. The number of nitrogens with zero attached hydrogens (tertiary/aromatic N) is 3. The van der Waals surface area contributed by atoms with E-state index < -0.39 is 53.6 Å². The number of benzene rings is 1. The molecule has 0 aliphatic carbocycles. The predicted octanol–water partition coefficient (Wildman–Crippen LogP) is 3.10. The standard InChI is InChI=1S/C29H40N4O9S/c1-7-8-9-13-33-24(16-39-22-12-10-11-17(2)14-22)31-32-29(33)43-28-25(30-18(3)34)27(41-21(6)37)26(40-20(5)36)23(42-28)15-38-19(4)35/h10-12,14,23,25-28H,7-9,13,15-16H2,1-6H3,(H,30,34). The molecule has 5 unspecified atom stereocenters. The van der Waals surface area contributed by atoms with Crippen LogP contribution in [0.1, 0.15) is 65.3 Å². The first-order chi connectivity index (χ1) is 20.5. The molecule has 0 radical (unpaired) electrons. The van der Waals surface area contributed by atoms with Gasteiger partial charge in [-0.1, -0.05) is 43.7 Å². The second-order valence-electron chi connectivity index (χ2n) is 10.2. The third-order valence-electron chi connectivity index (χ3n) is 6.43. The first-order valence-electron chi connectivity index (χ1n) is 14.2. The van der Waals surface area contributed by atoms with Crippen molar-refractivity contribution in [2.24, 2.45) is 0 Å². The highest BCUT2D eigenvalue weighted by Crippen LogP contribution is 2.36. The summed E-state index contributed by atoms with van der Waals surface area (Å²) >= 11 is 1.16. The fourth-order valence-corrected chi connectivity index (χ4v) is 5.79. The Morgan fingerprint density at radius 2 is 1.72 bits per heavy atom. The van der Waals surface area contributed by atoms with E-state index in [-0.39, 0.29) is 13.2 Å². The van der Waals surface area contributed by atoms with Crippen LogP contribution in [0.3, 0.4) is 0 Å². The van der Waals surface area contributed by atoms with Gasteiger partial charge in [-0.2, -0.15) is 0 Å². The summed E-state index contributed by atoms with van der Waals surface area (Å²) in [6.07, 6.45) is -0.485. The molecule has 1 aromatic heterocycles. The van der Waals surface area contributed by atoms with E-state index >= 15 is 0 Å². The molecule has 2 aromatic rings. The number of hydrogen-bond donors (Lipinski definition) is 1. The molecule has 1 aromatic carbocycles. The van der Waals surface area contributed by atoms with Crippen LogP contribution in [0.5, 0.6) is 5.75 Å². The van der Waals surface area contributed by atoms with Gasteiger partial charge in [0.2, 0.25) is 5.91 Å². The van der Waals surface area contributed by atoms with Crippen LogP contribution >= 0.6 is 11.8 Å². The summed E-state index contributed by atoms with van der Waals surface area (Å²) in [6, 6.07) is 6.73. The number of nitrogens with one attached hydrogen (secondary N) is 1. The van der Waals surface area contributed by atoms with Gasteiger partial charge in [0.25, 0.3) is 0 Å². The predicted molar refractivity (Wildman–Crippen MR) is 155 cm³/mol. The lowest BCUT2D eigenvalue weighted by Crippen LogP contribution is -2.65. The van der Waals surface area contributed by atoms with Crippen molar-refractivity contribution >= 4 is 35.6 Å². The Hall–Kier alpha value is -3.65. The van der Waals surface area contributed by atoms with Crippen LogP contribution in [0.4, 0.5) is 0 Å². The summed E-state index contributed by atoms with van der Waals surface area (Å²) in [5, 5.41) is 12.1. The zero-order valence-corrected chi connectivity index (χ0v) is 26.2. The minimum Gasteiger partial charge on any atom is -0.486 e. The van der Waals surface area contributed by atoms with Crippen molar-refractivity contribution < 1.29 is 42.9 Å². The first kappa shape index (κ1) is 33.8. The monoisotopic (exact) mass is 620 g/mol. The molecule has 1 amide bonds. The van der Waals surface area contributed by atoms with Gasteiger partial charge in [0, 0.05) is 34.2 Å². The second kappa shape index (κ2) is 16.3. The minimum absolute atomic E-state index is 0.170. The molecule has 1 aliphatic rings. The lowest BCUT2D eigenvalue weighted by atomic mass is 9.97. The van der Waals surface area contributed by atoms with E-state index in [9.17, 15) is 19.2 Å². The largest absolute Gasteiger partial charge is 0.486 e. The van der Waals surface area contributed by atoms with Gasteiger partial charge in [0.1, 0.15) is 36.5 Å². The maximum absolute atomic E-state index is 12.3. The maximum atomic E-state index is 12.3. The summed E-state index contributed by atoms with van der Waals surface area (Å²) in [6.45, 7) is 9.53. The molecular formula is C29H40N4O9S. The van der Waals surface area contributed by atoms with Crippen molar-refractivity contribution in [3.63, 3.8) is 0 Å². The molecule has 1 fully saturated rings. The summed E-state index contributed by atoms with van der Waals surface area (Å²) in [7, 11) is 0. The maximum Gasteiger partial charge on any atom is 0.303 e. The Bertz CT molecular complexity index is 1270. The zero-order valence-electron chi connectivity index (χ0n) is 25.4. The highest BCUT2D eigenvalue weighted by atomic mass is 32.2. The van der Waals surface area contributed by atoms with E-state index in [4.69, 9.17) is 23.7 Å². The lowest BCUT2D eigenvalue weighted by Gasteiger charge is -2.44. The van der Waals surface area contributed by atoms with Crippen molar-refractivity contribution in [3.8, 4) is 5.75 Å². The number of esters is 3. The highest BCUT2D eigenvalue weighted by molar-refractivity contribution is 7.99. The Balaban J connectivity index is 1.97. The number of thioether (sulfide) groups is 1. The quantitative estimate of drug-likeness (QED) is 0.187. The van der Waals surface area contributed by atoms with E-state index in [1.807, 2.05) is 35.8 Å². The van der Waals surface area contributed by atoms with E-state index in [1.54, 1.807) is 0 Å². The number of aryl methyl sites for hydroxylation is 1. The average Bonchev–Trinajstić information content (AvgIpc) is 3.30. The topological polar surface area (TPSA) is 157 Å². The van der Waals surface area contributed by atoms with Gasteiger partial charge in [0.15, 0.2) is 23.2 Å². The first-order valence-corrected chi connectivity index (χ1v) is 15.0. The van der Waals surface area contributed by atoms with Crippen molar-refractivity contribution in [2.75, 3.05) is 6.61 Å². The molecule has 5 atom stereocenters. The van der Waals surface area contributed by atoms with Gasteiger partial charge in [-0.3, -0.25) is 19.2 Å². The van der Waals surface area contributed by atoms with E-state index in [0.29, 0.717) is 23.3 Å². The van der Waals surface area contributed by atoms with Crippen LogP contribution in [-0.2, 0) is 51.3 Å². The number of hydrogen-bond acceptors (Lipinski definition) is 12. The molecule has 2 heterocycles. The van der Waals surface area contributed by atoms with Crippen LogP contribution in [0.2, 0.25) is 0 Å². The SMILES string of the molecule is CCCCCn1c(COc2cccc(C)c2)nnc1SC1OC(COC(C)=O)C(OC(C)=O)C(OC(C)=O)C1NC(C)=O. The Morgan fingerprint density at radius 1 is 1.00 bits per heavy atom. The molecule has 0 spiro atoms. The van der Waals surface area contributed by atoms with Gasteiger partial charge < -0.3 is 33.6 Å². The Morgan fingerprint density at radius 3 is 2.35 bits per heavy atom. The van der Waals surface area contributed by atoms with Gasteiger partial charge in [-0.05, 0) is 31.0 Å².